The second kappa shape index (κ2) is 6.00. The molecular formula is C11H20N2O. The van der Waals surface area contributed by atoms with E-state index in [2.05, 4.69) is 25.2 Å². The Morgan fingerprint density at radius 3 is 2.86 bits per heavy atom. The van der Waals surface area contributed by atoms with Crippen molar-refractivity contribution >= 4 is 0 Å². The molecule has 2 atom stereocenters. The van der Waals surface area contributed by atoms with E-state index in [0.29, 0.717) is 12.0 Å². The van der Waals surface area contributed by atoms with Crippen LogP contribution >= 0.6 is 0 Å². The predicted octanol–water partition coefficient (Wildman–Crippen LogP) is 1.69. The molecular weight excluding hydrogens is 176 g/mol. The molecule has 0 spiro atoms. The van der Waals surface area contributed by atoms with Crippen molar-refractivity contribution in [2.75, 3.05) is 13.2 Å². The highest BCUT2D eigenvalue weighted by atomic mass is 16.5. The maximum Gasteiger partial charge on any atom is 0.0956 e. The molecule has 1 heterocycles. The summed E-state index contributed by atoms with van der Waals surface area (Å²) in [7, 11) is 0. The molecule has 1 saturated heterocycles. The van der Waals surface area contributed by atoms with E-state index >= 15 is 0 Å². The third-order valence-corrected chi connectivity index (χ3v) is 2.48. The van der Waals surface area contributed by atoms with Crippen molar-refractivity contribution in [3.63, 3.8) is 0 Å². The van der Waals surface area contributed by atoms with Gasteiger partial charge in [-0.3, -0.25) is 5.32 Å². The number of nitriles is 1. The van der Waals surface area contributed by atoms with Crippen molar-refractivity contribution < 1.29 is 4.74 Å². The van der Waals surface area contributed by atoms with Crippen molar-refractivity contribution in [3.05, 3.63) is 0 Å². The third kappa shape index (κ3) is 4.08. The van der Waals surface area contributed by atoms with Crippen LogP contribution in [0.15, 0.2) is 0 Å². The van der Waals surface area contributed by atoms with Crippen LogP contribution in [0.2, 0.25) is 0 Å². The van der Waals surface area contributed by atoms with Gasteiger partial charge in [0.2, 0.25) is 0 Å². The highest BCUT2D eigenvalue weighted by Gasteiger charge is 2.17. The van der Waals surface area contributed by atoms with Gasteiger partial charge in [-0.15, -0.1) is 0 Å². The lowest BCUT2D eigenvalue weighted by atomic mass is 10.0. The van der Waals surface area contributed by atoms with Gasteiger partial charge in [-0.2, -0.15) is 5.26 Å². The maximum atomic E-state index is 8.90. The average molecular weight is 196 g/mol. The topological polar surface area (TPSA) is 45.0 Å². The van der Waals surface area contributed by atoms with Crippen molar-refractivity contribution in [1.82, 2.24) is 5.32 Å². The Hall–Kier alpha value is -0.590. The van der Waals surface area contributed by atoms with Gasteiger partial charge in [-0.05, 0) is 25.2 Å². The van der Waals surface area contributed by atoms with Crippen molar-refractivity contribution in [3.8, 4) is 6.07 Å². The quantitative estimate of drug-likeness (QED) is 0.728. The Bertz CT molecular complexity index is 192. The van der Waals surface area contributed by atoms with E-state index in [1.807, 2.05) is 0 Å². The molecule has 0 amide bonds. The van der Waals surface area contributed by atoms with Crippen LogP contribution in [0.25, 0.3) is 0 Å². The molecule has 1 aliphatic heterocycles. The number of nitrogens with zero attached hydrogens (tertiary/aromatic N) is 1. The minimum Gasteiger partial charge on any atom is -0.377 e. The lowest BCUT2D eigenvalue weighted by Crippen LogP contribution is -2.35. The largest absolute Gasteiger partial charge is 0.377 e. The van der Waals surface area contributed by atoms with Gasteiger partial charge < -0.3 is 4.74 Å². The molecule has 0 aromatic carbocycles. The fraction of sp³-hybridized carbons (Fsp3) is 0.909. The van der Waals surface area contributed by atoms with Crippen LogP contribution in [0.4, 0.5) is 0 Å². The van der Waals surface area contributed by atoms with Crippen molar-refractivity contribution in [1.29, 1.82) is 5.26 Å². The van der Waals surface area contributed by atoms with Crippen LogP contribution in [0.1, 0.15) is 33.1 Å². The summed E-state index contributed by atoms with van der Waals surface area (Å²) in [6, 6.07) is 2.28. The molecule has 1 rings (SSSR count). The highest BCUT2D eigenvalue weighted by Crippen LogP contribution is 2.11. The van der Waals surface area contributed by atoms with Gasteiger partial charge in [-0.1, -0.05) is 13.8 Å². The van der Waals surface area contributed by atoms with Gasteiger partial charge in [-0.25, -0.2) is 0 Å². The van der Waals surface area contributed by atoms with Crippen LogP contribution in [-0.2, 0) is 4.74 Å². The maximum absolute atomic E-state index is 8.90. The van der Waals surface area contributed by atoms with Gasteiger partial charge in [0.15, 0.2) is 0 Å². The fourth-order valence-corrected chi connectivity index (χ4v) is 1.73. The molecule has 0 aromatic rings. The smallest absolute Gasteiger partial charge is 0.0956 e. The Labute approximate surface area is 86.4 Å². The number of nitrogens with one attached hydrogen (secondary N) is 1. The Kier molecular flexibility index (Phi) is 4.92. The summed E-state index contributed by atoms with van der Waals surface area (Å²) in [5.74, 6) is 0.566. The minimum atomic E-state index is -0.0146. The summed E-state index contributed by atoms with van der Waals surface area (Å²) >= 11 is 0. The van der Waals surface area contributed by atoms with E-state index in [9.17, 15) is 0 Å². The Morgan fingerprint density at radius 2 is 2.36 bits per heavy atom. The normalized spacial score (nSPS) is 23.7. The average Bonchev–Trinajstić information content (AvgIpc) is 2.64. The first-order chi connectivity index (χ1) is 6.72. The molecule has 3 nitrogen and oxygen atoms in total. The second-order valence-electron chi connectivity index (χ2n) is 4.35. The van der Waals surface area contributed by atoms with Gasteiger partial charge in [0, 0.05) is 13.2 Å². The van der Waals surface area contributed by atoms with Crippen LogP contribution in [-0.4, -0.2) is 25.3 Å². The molecule has 1 aliphatic rings. The minimum absolute atomic E-state index is 0.0146. The molecule has 0 radical (unpaired) electrons. The molecule has 14 heavy (non-hydrogen) atoms. The number of rotatable bonds is 5. The Morgan fingerprint density at radius 1 is 1.57 bits per heavy atom. The summed E-state index contributed by atoms with van der Waals surface area (Å²) in [4.78, 5) is 0. The first-order valence-corrected chi connectivity index (χ1v) is 5.47. The molecule has 0 bridgehead atoms. The SMILES string of the molecule is CC(C)CC(C#N)NCC1CCCO1. The number of ether oxygens (including phenoxy) is 1. The molecule has 0 saturated carbocycles. The summed E-state index contributed by atoms with van der Waals surface area (Å²) < 4.78 is 5.48. The lowest BCUT2D eigenvalue weighted by Gasteiger charge is -2.16. The second-order valence-corrected chi connectivity index (χ2v) is 4.35. The van der Waals surface area contributed by atoms with Crippen LogP contribution in [0.3, 0.4) is 0 Å². The molecule has 0 aromatic heterocycles. The number of hydrogen-bond acceptors (Lipinski definition) is 3. The van der Waals surface area contributed by atoms with E-state index in [1.54, 1.807) is 0 Å². The van der Waals surface area contributed by atoms with Crippen molar-refractivity contribution in [2.24, 2.45) is 5.92 Å². The van der Waals surface area contributed by atoms with E-state index in [4.69, 9.17) is 10.00 Å². The van der Waals surface area contributed by atoms with E-state index in [0.717, 1.165) is 32.4 Å². The highest BCUT2D eigenvalue weighted by molar-refractivity contribution is 4.90. The summed E-state index contributed by atoms with van der Waals surface area (Å²) in [6.07, 6.45) is 3.54. The van der Waals surface area contributed by atoms with Crippen LogP contribution in [0, 0.1) is 17.2 Å². The molecule has 1 N–H and O–H groups in total. The van der Waals surface area contributed by atoms with Crippen LogP contribution in [0.5, 0.6) is 0 Å². The summed E-state index contributed by atoms with van der Waals surface area (Å²) in [6.45, 7) is 5.98. The number of hydrogen-bond donors (Lipinski definition) is 1. The molecule has 3 heteroatoms. The third-order valence-electron chi connectivity index (χ3n) is 2.48. The molecule has 1 fully saturated rings. The summed E-state index contributed by atoms with van der Waals surface area (Å²) in [5, 5.41) is 12.2. The zero-order valence-electron chi connectivity index (χ0n) is 9.12. The Balaban J connectivity index is 2.17. The zero-order valence-corrected chi connectivity index (χ0v) is 9.12. The monoisotopic (exact) mass is 196 g/mol. The molecule has 0 aliphatic carbocycles. The van der Waals surface area contributed by atoms with E-state index in [1.165, 1.54) is 0 Å². The molecule has 80 valence electrons. The van der Waals surface area contributed by atoms with Crippen LogP contribution < -0.4 is 5.32 Å². The van der Waals surface area contributed by atoms with E-state index in [-0.39, 0.29) is 6.04 Å². The van der Waals surface area contributed by atoms with E-state index < -0.39 is 0 Å². The zero-order chi connectivity index (χ0) is 10.4. The van der Waals surface area contributed by atoms with Gasteiger partial charge >= 0.3 is 0 Å². The van der Waals surface area contributed by atoms with Crippen molar-refractivity contribution in [2.45, 2.75) is 45.3 Å². The fourth-order valence-electron chi connectivity index (χ4n) is 1.73. The first kappa shape index (κ1) is 11.5. The summed E-state index contributed by atoms with van der Waals surface area (Å²) in [5.41, 5.74) is 0. The standard InChI is InChI=1S/C11H20N2O/c1-9(2)6-10(7-12)13-8-11-4-3-5-14-11/h9-11,13H,3-6,8H2,1-2H3. The van der Waals surface area contributed by atoms with Gasteiger partial charge in [0.1, 0.15) is 0 Å². The lowest BCUT2D eigenvalue weighted by molar-refractivity contribution is 0.108. The predicted molar refractivity (Wildman–Crippen MR) is 55.8 cm³/mol. The first-order valence-electron chi connectivity index (χ1n) is 5.47. The molecule has 2 unspecified atom stereocenters. The van der Waals surface area contributed by atoms with Gasteiger partial charge in [0.05, 0.1) is 18.2 Å². The van der Waals surface area contributed by atoms with Gasteiger partial charge in [0.25, 0.3) is 0 Å².